The molecule has 2 aromatic rings. The highest BCUT2D eigenvalue weighted by Gasteiger charge is 2.23. The van der Waals surface area contributed by atoms with Crippen LogP contribution in [0.15, 0.2) is 36.4 Å². The Hall–Kier alpha value is -2.67. The summed E-state index contributed by atoms with van der Waals surface area (Å²) in [6.45, 7) is 1.80. The number of amides is 1. The normalized spacial score (nSPS) is 16.4. The van der Waals surface area contributed by atoms with Gasteiger partial charge in [0.2, 0.25) is 0 Å². The molecule has 6 nitrogen and oxygen atoms in total. The smallest absolute Gasteiger partial charge is 0.257 e. The molecule has 0 spiro atoms. The Bertz CT molecular complexity index is 812. The zero-order chi connectivity index (χ0) is 19.4. The van der Waals surface area contributed by atoms with Gasteiger partial charge in [0, 0.05) is 33.7 Å². The lowest BCUT2D eigenvalue weighted by atomic mass is 10.1. The third kappa shape index (κ3) is 4.74. The molecule has 0 radical (unpaired) electrons. The molecule has 0 aliphatic carbocycles. The first-order valence-electron chi connectivity index (χ1n) is 9.08. The molecule has 27 heavy (non-hydrogen) atoms. The van der Waals surface area contributed by atoms with Crippen LogP contribution in [-0.4, -0.2) is 60.7 Å². The van der Waals surface area contributed by atoms with Crippen LogP contribution >= 0.6 is 0 Å². The van der Waals surface area contributed by atoms with Crippen LogP contribution in [-0.2, 0) is 6.42 Å². The standard InChI is InChI=1S/C20H25FN4O2/c1-24(2)20(27)17-6-7-18(25-11-9-16(26)13-25)23-19(17)22-10-8-14-4-3-5-15(21)12-14/h3-7,12,16,26H,8-11,13H2,1-2H3,(H,22,23)/t16-/m1/s1. The van der Waals surface area contributed by atoms with Crippen LogP contribution in [0.5, 0.6) is 0 Å². The zero-order valence-corrected chi connectivity index (χ0v) is 15.7. The van der Waals surface area contributed by atoms with Crippen molar-refractivity contribution in [2.75, 3.05) is 43.9 Å². The molecule has 2 heterocycles. The minimum Gasteiger partial charge on any atom is -0.391 e. The summed E-state index contributed by atoms with van der Waals surface area (Å²) >= 11 is 0. The number of hydrogen-bond acceptors (Lipinski definition) is 5. The van der Waals surface area contributed by atoms with Crippen molar-refractivity contribution < 1.29 is 14.3 Å². The van der Waals surface area contributed by atoms with Gasteiger partial charge in [-0.15, -0.1) is 0 Å². The van der Waals surface area contributed by atoms with Crippen LogP contribution < -0.4 is 10.2 Å². The molecule has 1 aromatic heterocycles. The number of halogens is 1. The van der Waals surface area contributed by atoms with Crippen LogP contribution in [0.2, 0.25) is 0 Å². The topological polar surface area (TPSA) is 68.7 Å². The number of aliphatic hydroxyl groups is 1. The van der Waals surface area contributed by atoms with E-state index in [4.69, 9.17) is 0 Å². The average molecular weight is 372 g/mol. The highest BCUT2D eigenvalue weighted by molar-refractivity contribution is 5.98. The third-order valence-electron chi connectivity index (χ3n) is 4.60. The zero-order valence-electron chi connectivity index (χ0n) is 15.7. The third-order valence-corrected chi connectivity index (χ3v) is 4.60. The van der Waals surface area contributed by atoms with Gasteiger partial charge in [-0.25, -0.2) is 9.37 Å². The number of rotatable bonds is 6. The van der Waals surface area contributed by atoms with Crippen molar-refractivity contribution >= 4 is 17.5 Å². The van der Waals surface area contributed by atoms with E-state index >= 15 is 0 Å². The first-order chi connectivity index (χ1) is 12.9. The van der Waals surface area contributed by atoms with Gasteiger partial charge in [0.25, 0.3) is 5.91 Å². The van der Waals surface area contributed by atoms with Crippen LogP contribution in [0.4, 0.5) is 16.0 Å². The van der Waals surface area contributed by atoms with Crippen LogP contribution in [0, 0.1) is 5.82 Å². The van der Waals surface area contributed by atoms with Crippen molar-refractivity contribution in [2.24, 2.45) is 0 Å². The Balaban J connectivity index is 1.77. The van der Waals surface area contributed by atoms with E-state index in [-0.39, 0.29) is 17.8 Å². The Morgan fingerprint density at radius 3 is 2.85 bits per heavy atom. The molecule has 3 rings (SSSR count). The van der Waals surface area contributed by atoms with Crippen LogP contribution in [0.25, 0.3) is 0 Å². The Morgan fingerprint density at radius 2 is 2.19 bits per heavy atom. The fraction of sp³-hybridized carbons (Fsp3) is 0.400. The van der Waals surface area contributed by atoms with Crippen molar-refractivity contribution in [2.45, 2.75) is 18.9 Å². The number of β-amino-alcohol motifs (C(OH)–C–C–N with tert-alkyl or cyclic N) is 1. The minimum absolute atomic E-state index is 0.135. The molecule has 1 fully saturated rings. The SMILES string of the molecule is CN(C)C(=O)c1ccc(N2CC[C@@H](O)C2)nc1NCCc1cccc(F)c1. The number of pyridine rings is 1. The molecule has 144 valence electrons. The summed E-state index contributed by atoms with van der Waals surface area (Å²) in [5.74, 6) is 0.839. The highest BCUT2D eigenvalue weighted by Crippen LogP contribution is 2.23. The molecule has 1 amide bonds. The number of benzene rings is 1. The lowest BCUT2D eigenvalue weighted by Crippen LogP contribution is -2.26. The lowest BCUT2D eigenvalue weighted by molar-refractivity contribution is 0.0828. The van der Waals surface area contributed by atoms with Gasteiger partial charge in [0.15, 0.2) is 0 Å². The Kier molecular flexibility index (Phi) is 5.91. The van der Waals surface area contributed by atoms with E-state index in [9.17, 15) is 14.3 Å². The summed E-state index contributed by atoms with van der Waals surface area (Å²) in [5, 5.41) is 13.0. The van der Waals surface area contributed by atoms with Crippen molar-refractivity contribution in [3.63, 3.8) is 0 Å². The molecule has 2 N–H and O–H groups in total. The van der Waals surface area contributed by atoms with Crippen LogP contribution in [0.1, 0.15) is 22.3 Å². The predicted octanol–water partition coefficient (Wildman–Crippen LogP) is 2.15. The van der Waals surface area contributed by atoms with Crippen molar-refractivity contribution in [3.05, 3.63) is 53.3 Å². The monoisotopic (exact) mass is 372 g/mol. The van der Waals surface area contributed by atoms with Gasteiger partial charge < -0.3 is 20.2 Å². The van der Waals surface area contributed by atoms with E-state index in [1.165, 1.54) is 17.0 Å². The lowest BCUT2D eigenvalue weighted by Gasteiger charge is -2.20. The van der Waals surface area contributed by atoms with E-state index in [1.807, 2.05) is 17.0 Å². The van der Waals surface area contributed by atoms with Crippen molar-refractivity contribution in [1.29, 1.82) is 0 Å². The molecule has 7 heteroatoms. The Labute approximate surface area is 158 Å². The Morgan fingerprint density at radius 1 is 1.37 bits per heavy atom. The molecule has 0 saturated carbocycles. The van der Waals surface area contributed by atoms with Gasteiger partial charge in [-0.2, -0.15) is 0 Å². The highest BCUT2D eigenvalue weighted by atomic mass is 19.1. The van der Waals surface area contributed by atoms with Gasteiger partial charge in [0.05, 0.1) is 11.7 Å². The fourth-order valence-electron chi connectivity index (χ4n) is 3.14. The van der Waals surface area contributed by atoms with E-state index < -0.39 is 0 Å². The number of carbonyl (C=O) groups is 1. The summed E-state index contributed by atoms with van der Waals surface area (Å²) in [5.41, 5.74) is 1.37. The second-order valence-corrected chi connectivity index (χ2v) is 6.96. The second-order valence-electron chi connectivity index (χ2n) is 6.96. The summed E-state index contributed by atoms with van der Waals surface area (Å²) in [6.07, 6.45) is 0.976. The molecule has 0 unspecified atom stereocenters. The second kappa shape index (κ2) is 8.35. The number of nitrogens with one attached hydrogen (secondary N) is 1. The molecular formula is C20H25FN4O2. The molecule has 0 bridgehead atoms. The number of aromatic nitrogens is 1. The molecular weight excluding hydrogens is 347 g/mol. The maximum absolute atomic E-state index is 13.3. The largest absolute Gasteiger partial charge is 0.391 e. The number of anilines is 2. The first-order valence-corrected chi connectivity index (χ1v) is 9.08. The quantitative estimate of drug-likeness (QED) is 0.813. The summed E-state index contributed by atoms with van der Waals surface area (Å²) < 4.78 is 13.3. The molecule has 1 saturated heterocycles. The summed E-state index contributed by atoms with van der Waals surface area (Å²) in [6, 6.07) is 10.0. The number of nitrogens with zero attached hydrogens (tertiary/aromatic N) is 3. The van der Waals surface area contributed by atoms with Gasteiger partial charge in [-0.3, -0.25) is 4.79 Å². The van der Waals surface area contributed by atoms with Crippen LogP contribution in [0.3, 0.4) is 0 Å². The van der Waals surface area contributed by atoms with E-state index in [2.05, 4.69) is 10.3 Å². The maximum atomic E-state index is 13.3. The number of aliphatic hydroxyl groups excluding tert-OH is 1. The molecule has 1 aliphatic heterocycles. The predicted molar refractivity (Wildman–Crippen MR) is 104 cm³/mol. The van der Waals surface area contributed by atoms with Gasteiger partial charge in [-0.1, -0.05) is 12.1 Å². The molecule has 1 aliphatic rings. The van der Waals surface area contributed by atoms with E-state index in [1.54, 1.807) is 26.2 Å². The van der Waals surface area contributed by atoms with Gasteiger partial charge >= 0.3 is 0 Å². The summed E-state index contributed by atoms with van der Waals surface area (Å²) in [4.78, 5) is 20.6. The fourth-order valence-corrected chi connectivity index (χ4v) is 3.14. The van der Waals surface area contributed by atoms with Crippen molar-refractivity contribution in [3.8, 4) is 0 Å². The molecule has 1 aromatic carbocycles. The average Bonchev–Trinajstić information content (AvgIpc) is 3.07. The number of hydrogen-bond donors (Lipinski definition) is 2. The summed E-state index contributed by atoms with van der Waals surface area (Å²) in [7, 11) is 3.40. The van der Waals surface area contributed by atoms with Gasteiger partial charge in [0.1, 0.15) is 17.5 Å². The first kappa shape index (κ1) is 19.1. The maximum Gasteiger partial charge on any atom is 0.257 e. The van der Waals surface area contributed by atoms with Crippen molar-refractivity contribution in [1.82, 2.24) is 9.88 Å². The van der Waals surface area contributed by atoms with E-state index in [0.717, 1.165) is 17.9 Å². The van der Waals surface area contributed by atoms with E-state index in [0.29, 0.717) is 37.3 Å². The minimum atomic E-state index is -0.348. The van der Waals surface area contributed by atoms with Gasteiger partial charge in [-0.05, 0) is 42.7 Å². The number of carbonyl (C=O) groups excluding carboxylic acids is 1. The molecule has 1 atom stereocenters.